The molecule has 0 heterocycles. The monoisotopic (exact) mass is 412 g/mol. The quantitative estimate of drug-likeness (QED) is 0.222. The fourth-order valence-electron chi connectivity index (χ4n) is 3.49. The van der Waals surface area contributed by atoms with Gasteiger partial charge in [0, 0.05) is 0 Å². The Bertz CT molecular complexity index is 562. The average Bonchev–Trinajstić information content (AvgIpc) is 2.60. The molecule has 5 heteroatoms. The number of hydrogen-bond donors (Lipinski definition) is 2. The van der Waals surface area contributed by atoms with Crippen molar-refractivity contribution in [3.63, 3.8) is 0 Å². The molecule has 0 aromatic heterocycles. The molecule has 0 bridgehead atoms. The van der Waals surface area contributed by atoms with Gasteiger partial charge in [-0.1, -0.05) is 83.3 Å². The smallest absolute Gasteiger partial charge is 0.329 e. The summed E-state index contributed by atoms with van der Waals surface area (Å²) < 4.78 is 17.1. The minimum atomic E-state index is -4.02. The van der Waals surface area contributed by atoms with E-state index >= 15 is 0 Å². The van der Waals surface area contributed by atoms with Crippen LogP contribution in [0.5, 0.6) is 5.75 Å². The summed E-state index contributed by atoms with van der Waals surface area (Å²) in [7, 11) is -4.02. The van der Waals surface area contributed by atoms with Crippen LogP contribution in [0.3, 0.4) is 0 Å². The lowest BCUT2D eigenvalue weighted by atomic mass is 9.98. The molecule has 2 N–H and O–H groups in total. The Hall–Kier alpha value is -0.830. The van der Waals surface area contributed by atoms with E-state index in [-0.39, 0.29) is 11.8 Å². The van der Waals surface area contributed by atoms with E-state index in [9.17, 15) is 4.57 Å². The highest BCUT2D eigenvalue weighted by molar-refractivity contribution is 7.50. The van der Waals surface area contributed by atoms with Crippen LogP contribution < -0.4 is 4.74 Å². The molecule has 0 aliphatic heterocycles. The Morgan fingerprint density at radius 2 is 1.29 bits per heavy atom. The van der Waals surface area contributed by atoms with Gasteiger partial charge in [0.2, 0.25) is 0 Å². The summed E-state index contributed by atoms with van der Waals surface area (Å²) in [6.07, 6.45) is 15.5. The number of benzene rings is 1. The van der Waals surface area contributed by atoms with Crippen LogP contribution in [0.2, 0.25) is 0 Å². The zero-order valence-electron chi connectivity index (χ0n) is 18.2. The van der Waals surface area contributed by atoms with E-state index in [0.717, 1.165) is 12.2 Å². The van der Waals surface area contributed by atoms with Crippen LogP contribution in [0.15, 0.2) is 24.3 Å². The third-order valence-corrected chi connectivity index (χ3v) is 5.87. The van der Waals surface area contributed by atoms with Crippen molar-refractivity contribution < 1.29 is 19.1 Å². The molecule has 0 unspecified atom stereocenters. The lowest BCUT2D eigenvalue weighted by Gasteiger charge is -2.26. The number of hydrogen-bond acceptors (Lipinski definition) is 2. The molecule has 0 atom stereocenters. The fourth-order valence-corrected chi connectivity index (χ4v) is 4.17. The van der Waals surface area contributed by atoms with Crippen LogP contribution in [-0.4, -0.2) is 15.4 Å². The van der Waals surface area contributed by atoms with Crippen molar-refractivity contribution in [2.75, 3.05) is 0 Å². The van der Waals surface area contributed by atoms with Gasteiger partial charge in [0.25, 0.3) is 0 Å². The van der Waals surface area contributed by atoms with Crippen molar-refractivity contribution in [1.82, 2.24) is 0 Å². The van der Waals surface area contributed by atoms with Crippen LogP contribution >= 0.6 is 7.60 Å². The topological polar surface area (TPSA) is 66.8 Å². The van der Waals surface area contributed by atoms with Crippen LogP contribution in [0.4, 0.5) is 0 Å². The predicted molar refractivity (Wildman–Crippen MR) is 118 cm³/mol. The molecule has 0 saturated heterocycles. The van der Waals surface area contributed by atoms with Gasteiger partial charge in [-0.25, -0.2) is 0 Å². The zero-order chi connectivity index (χ0) is 20.9. The molecule has 1 aromatic rings. The van der Waals surface area contributed by atoms with Gasteiger partial charge < -0.3 is 14.5 Å². The summed E-state index contributed by atoms with van der Waals surface area (Å²) in [4.78, 5) is 18.1. The van der Waals surface area contributed by atoms with Crippen molar-refractivity contribution in [3.05, 3.63) is 29.8 Å². The van der Waals surface area contributed by atoms with Gasteiger partial charge in [0.05, 0.1) is 6.16 Å². The third-order valence-electron chi connectivity index (χ3n) is 5.09. The second kappa shape index (κ2) is 13.4. The molecular formula is C23H41O4P. The Kier molecular flexibility index (Phi) is 12.1. The number of rotatable bonds is 16. The SMILES string of the molecule is CCCCCCCCCCCCCC(C)(C)Oc1ccc(CP(=O)(O)O)cc1. The van der Waals surface area contributed by atoms with E-state index in [1.165, 1.54) is 70.6 Å². The summed E-state index contributed by atoms with van der Waals surface area (Å²) in [6.45, 7) is 6.47. The van der Waals surface area contributed by atoms with Crippen molar-refractivity contribution in [2.24, 2.45) is 0 Å². The van der Waals surface area contributed by atoms with Crippen LogP contribution in [0, 0.1) is 0 Å². The molecule has 0 aliphatic carbocycles. The molecule has 0 aliphatic rings. The van der Waals surface area contributed by atoms with E-state index in [4.69, 9.17) is 14.5 Å². The Labute approximate surface area is 172 Å². The van der Waals surface area contributed by atoms with Gasteiger partial charge >= 0.3 is 7.60 Å². The highest BCUT2D eigenvalue weighted by Crippen LogP contribution is 2.39. The van der Waals surface area contributed by atoms with Gasteiger partial charge in [-0.2, -0.15) is 0 Å². The van der Waals surface area contributed by atoms with Gasteiger partial charge in [-0.15, -0.1) is 0 Å². The summed E-state index contributed by atoms with van der Waals surface area (Å²) in [5.74, 6) is 0.752. The lowest BCUT2D eigenvalue weighted by Crippen LogP contribution is -2.28. The minimum Gasteiger partial charge on any atom is -0.488 e. The average molecular weight is 413 g/mol. The Morgan fingerprint density at radius 3 is 1.75 bits per heavy atom. The molecule has 28 heavy (non-hydrogen) atoms. The third kappa shape index (κ3) is 13.4. The number of ether oxygens (including phenoxy) is 1. The standard InChI is InChI=1S/C23H41O4P/c1-4-5-6-7-8-9-10-11-12-13-14-19-23(2,3)27-22-17-15-21(16-18-22)20-28(24,25)26/h15-18H,4-14,19-20H2,1-3H3,(H2,24,25,26). The van der Waals surface area contributed by atoms with Crippen molar-refractivity contribution in [3.8, 4) is 5.75 Å². The maximum atomic E-state index is 11.1. The van der Waals surface area contributed by atoms with E-state index in [1.54, 1.807) is 24.3 Å². The van der Waals surface area contributed by atoms with Crippen molar-refractivity contribution in [2.45, 2.75) is 110 Å². The normalized spacial score (nSPS) is 12.3. The molecule has 0 radical (unpaired) electrons. The number of unbranched alkanes of at least 4 members (excludes halogenated alkanes) is 10. The minimum absolute atomic E-state index is 0.227. The molecule has 0 spiro atoms. The van der Waals surface area contributed by atoms with Gasteiger partial charge in [0.15, 0.2) is 0 Å². The molecule has 4 nitrogen and oxygen atoms in total. The summed E-state index contributed by atoms with van der Waals surface area (Å²) >= 11 is 0. The molecule has 1 aromatic carbocycles. The van der Waals surface area contributed by atoms with Gasteiger partial charge in [-0.3, -0.25) is 4.57 Å². The Balaban J connectivity index is 2.15. The van der Waals surface area contributed by atoms with E-state index in [2.05, 4.69) is 20.8 Å². The van der Waals surface area contributed by atoms with E-state index in [0.29, 0.717) is 5.56 Å². The zero-order valence-corrected chi connectivity index (χ0v) is 19.1. The first-order valence-electron chi connectivity index (χ1n) is 11.0. The summed E-state index contributed by atoms with van der Waals surface area (Å²) in [5, 5.41) is 0. The van der Waals surface area contributed by atoms with Crippen LogP contribution in [0.1, 0.15) is 103 Å². The molecular weight excluding hydrogens is 371 g/mol. The van der Waals surface area contributed by atoms with Crippen molar-refractivity contribution >= 4 is 7.60 Å². The molecule has 0 amide bonds. The largest absolute Gasteiger partial charge is 0.488 e. The second-order valence-corrected chi connectivity index (χ2v) is 10.3. The lowest BCUT2D eigenvalue weighted by molar-refractivity contribution is 0.0960. The highest BCUT2D eigenvalue weighted by Gasteiger charge is 2.19. The molecule has 0 fully saturated rings. The molecule has 0 saturated carbocycles. The summed E-state index contributed by atoms with van der Waals surface area (Å²) in [5.41, 5.74) is 0.396. The first kappa shape index (κ1) is 25.2. The van der Waals surface area contributed by atoms with E-state index < -0.39 is 7.60 Å². The Morgan fingerprint density at radius 1 is 0.821 bits per heavy atom. The van der Waals surface area contributed by atoms with Gasteiger partial charge in [-0.05, 0) is 44.4 Å². The first-order valence-corrected chi connectivity index (χ1v) is 12.8. The molecule has 162 valence electrons. The van der Waals surface area contributed by atoms with Crippen LogP contribution in [-0.2, 0) is 10.7 Å². The highest BCUT2D eigenvalue weighted by atomic mass is 31.2. The van der Waals surface area contributed by atoms with Crippen LogP contribution in [0.25, 0.3) is 0 Å². The molecule has 1 rings (SSSR count). The first-order chi connectivity index (χ1) is 13.2. The van der Waals surface area contributed by atoms with E-state index in [1.807, 2.05) is 0 Å². The fraction of sp³-hybridized carbons (Fsp3) is 0.739. The maximum Gasteiger partial charge on any atom is 0.329 e. The summed E-state index contributed by atoms with van der Waals surface area (Å²) in [6, 6.07) is 7.06. The van der Waals surface area contributed by atoms with Crippen molar-refractivity contribution in [1.29, 1.82) is 0 Å². The predicted octanol–water partition coefficient (Wildman–Crippen LogP) is 7.22. The maximum absolute atomic E-state index is 11.1. The second-order valence-electron chi connectivity index (χ2n) is 8.61. The van der Waals surface area contributed by atoms with Gasteiger partial charge in [0.1, 0.15) is 11.4 Å².